The van der Waals surface area contributed by atoms with E-state index in [0.29, 0.717) is 26.4 Å². The van der Waals surface area contributed by atoms with Gasteiger partial charge in [0.05, 0.1) is 46.9 Å². The Morgan fingerprint density at radius 2 is 1.91 bits per heavy atom. The number of imidazole rings is 1. The number of hydrogen-bond donors (Lipinski definition) is 5. The Hall–Kier alpha value is -4.60. The molecule has 4 aliphatic rings. The van der Waals surface area contributed by atoms with Gasteiger partial charge in [0.2, 0.25) is 18.2 Å². The Kier molecular flexibility index (Phi) is 9.81. The number of hydrogen-bond acceptors (Lipinski definition) is 10. The maximum atomic E-state index is 13.1. The Morgan fingerprint density at radius 1 is 1.09 bits per heavy atom. The van der Waals surface area contributed by atoms with Gasteiger partial charge in [0.25, 0.3) is 0 Å². The Bertz CT molecular complexity index is 2040. The number of amides is 2. The number of nitrogens with zero attached hydrogens (tertiary/aromatic N) is 5. The largest absolute Gasteiger partial charge is 0.472 e. The number of ether oxygens (including phenoxy) is 2. The van der Waals surface area contributed by atoms with Crippen molar-refractivity contribution in [1.82, 2.24) is 35.0 Å². The second-order valence-corrected chi connectivity index (χ2v) is 14.8. The Balaban J connectivity index is 0.976. The molecule has 8 rings (SSSR count). The third kappa shape index (κ3) is 6.74. The monoisotopic (exact) mass is 723 g/mol. The minimum Gasteiger partial charge on any atom is -0.472 e. The molecule has 2 aromatic heterocycles. The summed E-state index contributed by atoms with van der Waals surface area (Å²) < 4.78 is 13.3. The molecule has 0 saturated carbocycles. The van der Waals surface area contributed by atoms with Crippen LogP contribution < -0.4 is 21.1 Å². The number of aromatic amines is 1. The predicted molar refractivity (Wildman–Crippen MR) is 201 cm³/mol. The first kappa shape index (κ1) is 35.4. The van der Waals surface area contributed by atoms with Crippen LogP contribution in [0.4, 0.5) is 0 Å². The molecule has 14 nitrogen and oxygen atoms in total. The third-order valence-corrected chi connectivity index (χ3v) is 11.2. The minimum absolute atomic E-state index is 0.00458. The van der Waals surface area contributed by atoms with Crippen molar-refractivity contribution in [3.63, 3.8) is 0 Å². The predicted octanol–water partition coefficient (Wildman–Crippen LogP) is 3.31. The molecule has 6 heterocycles. The number of aromatic nitrogens is 3. The number of aliphatic hydroxyl groups is 1. The third-order valence-electron chi connectivity index (χ3n) is 11.2. The lowest BCUT2D eigenvalue weighted by molar-refractivity contribution is -0.135. The van der Waals surface area contributed by atoms with E-state index in [-0.39, 0.29) is 42.4 Å². The van der Waals surface area contributed by atoms with E-state index in [1.165, 1.54) is 7.11 Å². The molecule has 4 aliphatic heterocycles. The van der Waals surface area contributed by atoms with Crippen LogP contribution in [0, 0.1) is 5.92 Å². The second kappa shape index (κ2) is 14.7. The first-order valence-corrected chi connectivity index (χ1v) is 18.8. The van der Waals surface area contributed by atoms with E-state index in [2.05, 4.69) is 62.6 Å². The summed E-state index contributed by atoms with van der Waals surface area (Å²) in [7, 11) is 1.40. The molecule has 2 aromatic carbocycles. The van der Waals surface area contributed by atoms with Crippen LogP contribution in [0.2, 0.25) is 0 Å². The van der Waals surface area contributed by atoms with Crippen LogP contribution in [-0.2, 0) is 21.1 Å². The second-order valence-electron chi connectivity index (χ2n) is 14.8. The fourth-order valence-electron chi connectivity index (χ4n) is 8.23. The number of H-pyrrole nitrogens is 1. The Labute approximate surface area is 308 Å². The van der Waals surface area contributed by atoms with Crippen LogP contribution in [0.25, 0.3) is 33.4 Å². The van der Waals surface area contributed by atoms with Crippen LogP contribution >= 0.6 is 0 Å². The summed E-state index contributed by atoms with van der Waals surface area (Å²) in [6.45, 7) is 6.73. The molecule has 5 unspecified atom stereocenters. The summed E-state index contributed by atoms with van der Waals surface area (Å²) in [5.41, 5.74) is 13.3. The number of aliphatic imine (C=N–C) groups is 1. The highest BCUT2D eigenvalue weighted by Gasteiger charge is 2.39. The van der Waals surface area contributed by atoms with Gasteiger partial charge >= 0.3 is 0 Å². The number of carbonyl (C=O) groups excluding carboxylic acids is 2. The first-order valence-electron chi connectivity index (χ1n) is 18.8. The van der Waals surface area contributed by atoms with Crippen molar-refractivity contribution in [2.45, 2.75) is 83.4 Å². The van der Waals surface area contributed by atoms with E-state index in [4.69, 9.17) is 25.2 Å². The fraction of sp³-hybridized carbons (Fsp3) is 0.487. The number of benzene rings is 2. The van der Waals surface area contributed by atoms with Gasteiger partial charge in [-0.05, 0) is 61.9 Å². The van der Waals surface area contributed by atoms with Crippen LogP contribution in [-0.4, -0.2) is 105 Å². The van der Waals surface area contributed by atoms with E-state index in [1.54, 1.807) is 0 Å². The van der Waals surface area contributed by atoms with Gasteiger partial charge in [0.1, 0.15) is 17.7 Å². The van der Waals surface area contributed by atoms with Gasteiger partial charge in [-0.3, -0.25) is 25.2 Å². The van der Waals surface area contributed by atoms with Crippen molar-refractivity contribution >= 4 is 28.4 Å². The average Bonchev–Trinajstić information content (AvgIpc) is 4.02. The van der Waals surface area contributed by atoms with Crippen molar-refractivity contribution < 1.29 is 24.2 Å². The van der Waals surface area contributed by atoms with Crippen LogP contribution in [0.1, 0.15) is 63.4 Å². The highest BCUT2D eigenvalue weighted by atomic mass is 16.6. The average molecular weight is 724 g/mol. The molecular formula is C39H49N9O5. The van der Waals surface area contributed by atoms with E-state index >= 15 is 0 Å². The molecular weight excluding hydrogens is 674 g/mol. The van der Waals surface area contributed by atoms with Crippen molar-refractivity contribution in [3.8, 4) is 28.3 Å². The maximum absolute atomic E-state index is 13.1. The summed E-state index contributed by atoms with van der Waals surface area (Å²) >= 11 is 0. The molecule has 53 heavy (non-hydrogen) atoms. The van der Waals surface area contributed by atoms with Gasteiger partial charge in [-0.15, -0.1) is 0 Å². The van der Waals surface area contributed by atoms with Crippen LogP contribution in [0.5, 0.6) is 5.75 Å². The van der Waals surface area contributed by atoms with E-state index in [1.807, 2.05) is 29.8 Å². The molecule has 0 spiro atoms. The standard InChI is InChI=1S/C39H49N9O5/c1-22(2)35(40)38(50)47-15-5-7-31(47)37-43-20-28(45-37)24-8-10-26-32-17-25-16-23(9-11-29(25)48(32)21-53-33(26)18-24)27-19-42-36(44-27)30-6-4-14-46(30)34(49)12-13-41-39(51)52-3/h8-11,16-19,22,30-31,35,37,39,41,43,51H,4-7,12-15,20-21,40H2,1-3H3,(H,42,44). The van der Waals surface area contributed by atoms with E-state index in [0.717, 1.165) is 88.5 Å². The van der Waals surface area contributed by atoms with Gasteiger partial charge in [-0.1, -0.05) is 26.0 Å². The topological polar surface area (TPSA) is 175 Å². The SMILES string of the molecule is COC(O)NCCC(=O)N1CCCC1c1ncc(-c2ccc3c(c2)cc2n3COc3cc(C4=NC(C5CCCN5C(=O)C(N)C(C)C)NC4)ccc3-2)[nH]1. The van der Waals surface area contributed by atoms with Gasteiger partial charge in [-0.25, -0.2) is 4.98 Å². The zero-order chi connectivity index (χ0) is 36.8. The number of nitrogens with two attached hydrogens (primary N) is 1. The minimum atomic E-state index is -1.09. The normalized spacial score (nSPS) is 22.2. The quantitative estimate of drug-likeness (QED) is 0.146. The highest BCUT2D eigenvalue weighted by Crippen LogP contribution is 2.40. The van der Waals surface area contributed by atoms with E-state index < -0.39 is 12.5 Å². The van der Waals surface area contributed by atoms with Gasteiger partial charge in [0.15, 0.2) is 6.73 Å². The molecule has 2 saturated heterocycles. The van der Waals surface area contributed by atoms with E-state index in [9.17, 15) is 14.7 Å². The number of nitrogens with one attached hydrogen (secondary N) is 3. The summed E-state index contributed by atoms with van der Waals surface area (Å²) in [6, 6.07) is 14.3. The molecule has 0 radical (unpaired) electrons. The van der Waals surface area contributed by atoms with Gasteiger partial charge < -0.3 is 39.7 Å². The molecule has 6 N–H and O–H groups in total. The number of carbonyl (C=O) groups is 2. The zero-order valence-corrected chi connectivity index (χ0v) is 30.5. The number of rotatable bonds is 11. The Morgan fingerprint density at radius 3 is 2.74 bits per heavy atom. The molecule has 4 aromatic rings. The van der Waals surface area contributed by atoms with Crippen molar-refractivity contribution in [3.05, 3.63) is 60.0 Å². The molecule has 0 aliphatic carbocycles. The highest BCUT2D eigenvalue weighted by molar-refractivity contribution is 6.04. The molecule has 280 valence electrons. The number of methoxy groups -OCH3 is 1. The molecule has 2 fully saturated rings. The van der Waals surface area contributed by atoms with Crippen LogP contribution in [0.3, 0.4) is 0 Å². The summed E-state index contributed by atoms with van der Waals surface area (Å²) in [6.07, 6.45) is 4.49. The summed E-state index contributed by atoms with van der Waals surface area (Å²) in [5.74, 6) is 1.73. The summed E-state index contributed by atoms with van der Waals surface area (Å²) in [5, 5.41) is 17.0. The first-order chi connectivity index (χ1) is 25.7. The number of likely N-dealkylation sites (tertiary alicyclic amines) is 2. The van der Waals surface area contributed by atoms with Crippen molar-refractivity contribution in [2.24, 2.45) is 16.6 Å². The fourth-order valence-corrected chi connectivity index (χ4v) is 8.23. The molecule has 5 atom stereocenters. The van der Waals surface area contributed by atoms with Crippen LogP contribution in [0.15, 0.2) is 53.7 Å². The molecule has 2 amide bonds. The smallest absolute Gasteiger partial charge is 0.240 e. The zero-order valence-electron chi connectivity index (χ0n) is 30.5. The van der Waals surface area contributed by atoms with Gasteiger partial charge in [0, 0.05) is 61.8 Å². The van der Waals surface area contributed by atoms with Crippen molar-refractivity contribution in [1.29, 1.82) is 0 Å². The maximum Gasteiger partial charge on any atom is 0.240 e. The lowest BCUT2D eigenvalue weighted by Crippen LogP contribution is -2.53. The van der Waals surface area contributed by atoms with Gasteiger partial charge in [-0.2, -0.15) is 0 Å². The molecule has 14 heteroatoms. The number of fused-ring (bicyclic) bond motifs is 5. The number of aliphatic hydroxyl groups excluding tert-OH is 1. The van der Waals surface area contributed by atoms with Crippen molar-refractivity contribution in [2.75, 3.05) is 33.3 Å². The lowest BCUT2D eigenvalue weighted by atomic mass is 10.0. The lowest BCUT2D eigenvalue weighted by Gasteiger charge is -2.31. The molecule has 0 bridgehead atoms. The summed E-state index contributed by atoms with van der Waals surface area (Å²) in [4.78, 5) is 43.2.